The van der Waals surface area contributed by atoms with Crippen LogP contribution in [0.4, 0.5) is 17.6 Å². The van der Waals surface area contributed by atoms with Crippen LogP contribution in [0.25, 0.3) is 22.3 Å². The molecule has 1 aromatic heterocycles. The molecule has 5 aromatic rings. The van der Waals surface area contributed by atoms with Crippen molar-refractivity contribution in [2.24, 2.45) is 5.10 Å². The van der Waals surface area contributed by atoms with Crippen LogP contribution < -0.4 is 19.8 Å². The van der Waals surface area contributed by atoms with Crippen LogP contribution in [0.3, 0.4) is 0 Å². The van der Waals surface area contributed by atoms with E-state index in [1.54, 1.807) is 48.5 Å². The van der Waals surface area contributed by atoms with Gasteiger partial charge in [-0.1, -0.05) is 36.4 Å². The van der Waals surface area contributed by atoms with Crippen molar-refractivity contribution in [2.75, 3.05) is 14.2 Å². The van der Waals surface area contributed by atoms with Crippen molar-refractivity contribution in [2.45, 2.75) is 12.8 Å². The van der Waals surface area contributed by atoms with E-state index in [-0.39, 0.29) is 40.6 Å². The van der Waals surface area contributed by atoms with E-state index >= 15 is 0 Å². The predicted octanol–water partition coefficient (Wildman–Crippen LogP) is 6.70. The molecule has 0 aliphatic rings. The maximum absolute atomic E-state index is 13.6. The molecule has 0 saturated heterocycles. The van der Waals surface area contributed by atoms with E-state index < -0.39 is 23.1 Å². The SMILES string of the molecule is COc1cc(C=Nn2c(-c3cccc(C(F)(F)F)c3)nc3ccccc3c2=O)cc(OC)c1OCc1cccc(F)c1. The zero-order valence-corrected chi connectivity index (χ0v) is 22.4. The van der Waals surface area contributed by atoms with Crippen molar-refractivity contribution in [1.29, 1.82) is 0 Å². The van der Waals surface area contributed by atoms with E-state index in [2.05, 4.69) is 10.1 Å². The Bertz CT molecular complexity index is 1830. The third-order valence-corrected chi connectivity index (χ3v) is 6.28. The van der Waals surface area contributed by atoms with Gasteiger partial charge in [0, 0.05) is 11.1 Å². The van der Waals surface area contributed by atoms with Gasteiger partial charge in [-0.25, -0.2) is 9.37 Å². The second kappa shape index (κ2) is 11.7. The van der Waals surface area contributed by atoms with Gasteiger partial charge >= 0.3 is 6.18 Å². The number of nitrogens with zero attached hydrogens (tertiary/aromatic N) is 3. The van der Waals surface area contributed by atoms with E-state index in [9.17, 15) is 22.4 Å². The van der Waals surface area contributed by atoms with E-state index in [0.717, 1.165) is 16.8 Å². The molecule has 0 spiro atoms. The molecule has 0 aliphatic heterocycles. The minimum atomic E-state index is -4.59. The lowest BCUT2D eigenvalue weighted by atomic mass is 10.1. The molecule has 4 aromatic carbocycles. The van der Waals surface area contributed by atoms with Gasteiger partial charge in [0.15, 0.2) is 17.3 Å². The van der Waals surface area contributed by atoms with Crippen LogP contribution in [-0.2, 0) is 12.8 Å². The molecule has 0 saturated carbocycles. The van der Waals surface area contributed by atoms with Gasteiger partial charge in [0.05, 0.1) is 36.9 Å². The van der Waals surface area contributed by atoms with Crippen molar-refractivity contribution >= 4 is 17.1 Å². The number of hydrogen-bond donors (Lipinski definition) is 0. The summed E-state index contributed by atoms with van der Waals surface area (Å²) in [4.78, 5) is 17.9. The molecular formula is C31H23F4N3O4. The highest BCUT2D eigenvalue weighted by atomic mass is 19.4. The van der Waals surface area contributed by atoms with Crippen LogP contribution in [0.1, 0.15) is 16.7 Å². The quantitative estimate of drug-likeness (QED) is 0.152. The molecule has 11 heteroatoms. The van der Waals surface area contributed by atoms with Crippen LogP contribution >= 0.6 is 0 Å². The summed E-state index contributed by atoms with van der Waals surface area (Å²) in [6.07, 6.45) is -3.26. The van der Waals surface area contributed by atoms with E-state index in [4.69, 9.17) is 14.2 Å². The predicted molar refractivity (Wildman–Crippen MR) is 150 cm³/mol. The summed E-state index contributed by atoms with van der Waals surface area (Å²) in [5.74, 6) is 0.332. The van der Waals surface area contributed by atoms with Crippen LogP contribution in [0.5, 0.6) is 17.2 Å². The van der Waals surface area contributed by atoms with Gasteiger partial charge < -0.3 is 14.2 Å². The Kier molecular flexibility index (Phi) is 7.92. The molecule has 1 heterocycles. The number of hydrogen-bond acceptors (Lipinski definition) is 6. The van der Waals surface area contributed by atoms with Crippen molar-refractivity contribution < 1.29 is 31.8 Å². The molecule has 0 fully saturated rings. The number of alkyl halides is 3. The number of para-hydroxylation sites is 1. The number of halogens is 4. The molecule has 5 rings (SSSR count). The lowest BCUT2D eigenvalue weighted by Crippen LogP contribution is -2.20. The summed E-state index contributed by atoms with van der Waals surface area (Å²) in [6, 6.07) is 20.1. The third-order valence-electron chi connectivity index (χ3n) is 6.28. The zero-order chi connectivity index (χ0) is 29.9. The smallest absolute Gasteiger partial charge is 0.416 e. The van der Waals surface area contributed by atoms with Crippen LogP contribution in [0.2, 0.25) is 0 Å². The van der Waals surface area contributed by atoms with Crippen molar-refractivity contribution in [3.63, 3.8) is 0 Å². The Morgan fingerprint density at radius 2 is 1.62 bits per heavy atom. The van der Waals surface area contributed by atoms with Gasteiger partial charge in [0.1, 0.15) is 12.4 Å². The topological polar surface area (TPSA) is 74.9 Å². The molecule has 7 nitrogen and oxygen atoms in total. The minimum absolute atomic E-state index is 0.0381. The molecule has 214 valence electrons. The van der Waals surface area contributed by atoms with Crippen molar-refractivity contribution in [3.8, 4) is 28.6 Å². The Hall–Kier alpha value is -5.19. The van der Waals surface area contributed by atoms with E-state index in [0.29, 0.717) is 16.6 Å². The minimum Gasteiger partial charge on any atom is -0.493 e. The highest BCUT2D eigenvalue weighted by Gasteiger charge is 2.31. The molecule has 0 aliphatic carbocycles. The first-order valence-corrected chi connectivity index (χ1v) is 12.5. The van der Waals surface area contributed by atoms with Gasteiger partial charge in [-0.3, -0.25) is 4.79 Å². The van der Waals surface area contributed by atoms with Gasteiger partial charge in [-0.2, -0.15) is 22.9 Å². The van der Waals surface area contributed by atoms with Crippen LogP contribution in [0, 0.1) is 5.82 Å². The molecule has 0 unspecified atom stereocenters. The summed E-state index contributed by atoms with van der Waals surface area (Å²) in [6.45, 7) is 0.0381. The maximum Gasteiger partial charge on any atom is 0.416 e. The normalized spacial score (nSPS) is 11.7. The molecule has 42 heavy (non-hydrogen) atoms. The summed E-state index contributed by atoms with van der Waals surface area (Å²) in [7, 11) is 2.85. The monoisotopic (exact) mass is 577 g/mol. The van der Waals surface area contributed by atoms with Gasteiger partial charge in [0.25, 0.3) is 5.56 Å². The Morgan fingerprint density at radius 1 is 0.905 bits per heavy atom. The Balaban J connectivity index is 1.57. The molecule has 0 atom stereocenters. The number of rotatable bonds is 8. The summed E-state index contributed by atoms with van der Waals surface area (Å²) in [5, 5.41) is 4.56. The second-order valence-electron chi connectivity index (χ2n) is 9.07. The van der Waals surface area contributed by atoms with Crippen LogP contribution in [-0.4, -0.2) is 30.1 Å². The van der Waals surface area contributed by atoms with Gasteiger partial charge in [-0.15, -0.1) is 0 Å². The number of ether oxygens (including phenoxy) is 3. The lowest BCUT2D eigenvalue weighted by Gasteiger charge is -2.15. The third kappa shape index (κ3) is 5.95. The number of fused-ring (bicyclic) bond motifs is 1. The Labute approximate surface area is 237 Å². The average Bonchev–Trinajstić information content (AvgIpc) is 2.99. The molecule has 0 amide bonds. The standard InChI is InChI=1S/C31H23F4N3O4/c1-40-26-14-20(15-27(41-2)28(26)42-18-19-7-5-10-23(32)13-19)17-36-38-29(21-8-6-9-22(16-21)31(33,34)35)37-25-12-4-3-11-24(25)30(38)39/h3-17H,18H2,1-2H3. The van der Waals surface area contributed by atoms with E-state index in [1.165, 1.54) is 44.7 Å². The van der Waals surface area contributed by atoms with E-state index in [1.807, 2.05) is 0 Å². The first-order chi connectivity index (χ1) is 20.2. The van der Waals surface area contributed by atoms with Crippen molar-refractivity contribution in [3.05, 3.63) is 118 Å². The van der Waals surface area contributed by atoms with Gasteiger partial charge in [0.2, 0.25) is 5.75 Å². The number of aromatic nitrogens is 2. The number of methoxy groups -OCH3 is 2. The molecular weight excluding hydrogens is 554 g/mol. The molecule has 0 bridgehead atoms. The first-order valence-electron chi connectivity index (χ1n) is 12.5. The summed E-state index contributed by atoms with van der Waals surface area (Å²) < 4.78 is 71.8. The summed E-state index contributed by atoms with van der Waals surface area (Å²) in [5.41, 5.74) is -0.0723. The van der Waals surface area contributed by atoms with Crippen LogP contribution in [0.15, 0.2) is 94.8 Å². The van der Waals surface area contributed by atoms with Crippen molar-refractivity contribution in [1.82, 2.24) is 9.66 Å². The summed E-state index contributed by atoms with van der Waals surface area (Å²) >= 11 is 0. The Morgan fingerprint density at radius 3 is 2.31 bits per heavy atom. The molecule has 0 radical (unpaired) electrons. The highest BCUT2D eigenvalue weighted by Crippen LogP contribution is 2.39. The fraction of sp³-hybridized carbons (Fsp3) is 0.129. The zero-order valence-electron chi connectivity index (χ0n) is 22.4. The maximum atomic E-state index is 13.6. The highest BCUT2D eigenvalue weighted by molar-refractivity contribution is 5.84. The second-order valence-corrected chi connectivity index (χ2v) is 9.07. The molecule has 0 N–H and O–H groups in total. The fourth-order valence-corrected chi connectivity index (χ4v) is 4.28. The number of benzene rings is 4. The van der Waals surface area contributed by atoms with Gasteiger partial charge in [-0.05, 0) is 54.1 Å². The fourth-order valence-electron chi connectivity index (χ4n) is 4.28. The largest absolute Gasteiger partial charge is 0.493 e. The average molecular weight is 578 g/mol. The lowest BCUT2D eigenvalue weighted by molar-refractivity contribution is -0.137. The first kappa shape index (κ1) is 28.3.